The number of halogens is 1. The van der Waals surface area contributed by atoms with E-state index < -0.39 is 15.9 Å². The maximum atomic E-state index is 12.9. The Morgan fingerprint density at radius 2 is 1.60 bits per heavy atom. The van der Waals surface area contributed by atoms with Crippen molar-refractivity contribution in [2.75, 3.05) is 9.80 Å². The van der Waals surface area contributed by atoms with Crippen LogP contribution in [0, 0.1) is 25.3 Å². The number of pyridine rings is 1. The Labute approximate surface area is 239 Å². The highest BCUT2D eigenvalue weighted by molar-refractivity contribution is 7.90. The minimum Gasteiger partial charge on any atom is -0.343 e. The zero-order chi connectivity index (χ0) is 28.4. The number of hydrogen-bond acceptors (Lipinski definition) is 6. The van der Waals surface area contributed by atoms with Crippen LogP contribution in [0.25, 0.3) is 11.1 Å². The molecule has 1 unspecified atom stereocenters. The van der Waals surface area contributed by atoms with Crippen molar-refractivity contribution in [3.05, 3.63) is 107 Å². The molecule has 1 aromatic heterocycles. The minimum absolute atomic E-state index is 0.00150. The van der Waals surface area contributed by atoms with Crippen molar-refractivity contribution in [3.8, 4) is 22.6 Å². The average Bonchev–Trinajstić information content (AvgIpc) is 3.18. The van der Waals surface area contributed by atoms with Gasteiger partial charge in [0.15, 0.2) is 5.82 Å². The van der Waals surface area contributed by atoms with E-state index in [0.29, 0.717) is 12.4 Å². The first-order valence-corrected chi connectivity index (χ1v) is 14.5. The van der Waals surface area contributed by atoms with E-state index in [2.05, 4.69) is 50.3 Å². The fraction of sp³-hybridized carbons (Fsp3) is 0.161. The maximum absolute atomic E-state index is 12.9. The van der Waals surface area contributed by atoms with Gasteiger partial charge in [0, 0.05) is 18.0 Å². The maximum Gasteiger partial charge on any atom is 0.283 e. The van der Waals surface area contributed by atoms with Gasteiger partial charge in [0.25, 0.3) is 15.9 Å². The van der Waals surface area contributed by atoms with Gasteiger partial charge in [-0.3, -0.25) is 9.69 Å². The molecule has 2 heterocycles. The topological polar surface area (TPSA) is 82.6 Å². The van der Waals surface area contributed by atoms with Crippen molar-refractivity contribution in [3.63, 3.8) is 0 Å². The molecule has 1 amide bonds. The molecule has 7 nitrogen and oxygen atoms in total. The van der Waals surface area contributed by atoms with Gasteiger partial charge in [-0.05, 0) is 72.8 Å². The van der Waals surface area contributed by atoms with Crippen LogP contribution in [0.3, 0.4) is 0 Å². The number of anilines is 2. The molecule has 0 saturated carbocycles. The van der Waals surface area contributed by atoms with E-state index in [-0.39, 0.29) is 16.8 Å². The molecule has 1 N–H and O–H groups in total. The molecule has 0 saturated heterocycles. The van der Waals surface area contributed by atoms with Crippen molar-refractivity contribution >= 4 is 39.0 Å². The van der Waals surface area contributed by atoms with Crippen LogP contribution >= 0.6 is 11.6 Å². The van der Waals surface area contributed by atoms with E-state index in [4.69, 9.17) is 11.6 Å². The Bertz CT molecular complexity index is 1710. The van der Waals surface area contributed by atoms with Gasteiger partial charge in [-0.15, -0.1) is 0 Å². The first kappa shape index (κ1) is 27.3. The van der Waals surface area contributed by atoms with Gasteiger partial charge in [0.1, 0.15) is 11.9 Å². The fourth-order valence-corrected chi connectivity index (χ4v) is 5.64. The van der Waals surface area contributed by atoms with Crippen molar-refractivity contribution in [2.45, 2.75) is 38.4 Å². The van der Waals surface area contributed by atoms with Gasteiger partial charge in [0.05, 0.1) is 10.6 Å². The van der Waals surface area contributed by atoms with Gasteiger partial charge in [-0.1, -0.05) is 72.3 Å². The molecular formula is C31H27ClN4O3S. The number of fused-ring (bicyclic) bond motifs is 2. The van der Waals surface area contributed by atoms with E-state index in [1.54, 1.807) is 23.1 Å². The van der Waals surface area contributed by atoms with Crippen molar-refractivity contribution in [1.29, 1.82) is 0 Å². The van der Waals surface area contributed by atoms with Gasteiger partial charge in [-0.2, -0.15) is 0 Å². The number of aromatic nitrogens is 1. The Balaban J connectivity index is 0.000000467. The number of aryl methyl sites for hydroxylation is 2. The lowest BCUT2D eigenvalue weighted by atomic mass is 9.95. The number of nitrogens with one attached hydrogen (secondary N) is 1. The van der Waals surface area contributed by atoms with E-state index in [1.165, 1.54) is 23.3 Å². The summed E-state index contributed by atoms with van der Waals surface area (Å²) in [7, 11) is -4.05. The highest BCUT2D eigenvalue weighted by Crippen LogP contribution is 2.41. The minimum atomic E-state index is -4.05. The summed E-state index contributed by atoms with van der Waals surface area (Å²) < 4.78 is 27.5. The smallest absolute Gasteiger partial charge is 0.283 e. The average molecular weight is 571 g/mol. The summed E-state index contributed by atoms with van der Waals surface area (Å²) in [6.45, 7) is 6.27. The van der Waals surface area contributed by atoms with Crippen LogP contribution in [0.5, 0.6) is 0 Å². The highest BCUT2D eigenvalue weighted by atomic mass is 35.5. The zero-order valence-corrected chi connectivity index (χ0v) is 23.8. The predicted molar refractivity (Wildman–Crippen MR) is 158 cm³/mol. The standard InChI is InChI=1S/C25H23ClN4O3S.C6H4/c1-17-9-11-21(12-10-17)34(32,33)28-25(31)22-15-18(2)23-24(27-22)29(14-13-26)19(3)30(23)16-20-7-5-4-6-8-20;1-2-6-4-3-5(1)6/h4-12,15,19H,16H2,1-3H3,(H,28,31);1-4H. The molecule has 0 spiro atoms. The van der Waals surface area contributed by atoms with Crippen LogP contribution in [-0.4, -0.2) is 25.5 Å². The lowest BCUT2D eigenvalue weighted by Gasteiger charge is -2.27. The molecule has 0 bridgehead atoms. The fourth-order valence-electron chi connectivity index (χ4n) is 4.59. The molecule has 9 heteroatoms. The van der Waals surface area contributed by atoms with Crippen molar-refractivity contribution in [2.24, 2.45) is 0 Å². The van der Waals surface area contributed by atoms with E-state index in [0.717, 1.165) is 22.4 Å². The van der Waals surface area contributed by atoms with Crippen LogP contribution < -0.4 is 14.5 Å². The molecule has 0 radical (unpaired) electrons. The third kappa shape index (κ3) is 5.39. The van der Waals surface area contributed by atoms with Crippen LogP contribution in [-0.2, 0) is 16.6 Å². The third-order valence-corrected chi connectivity index (χ3v) is 8.30. The number of carbonyl (C=O) groups is 1. The molecule has 1 atom stereocenters. The van der Waals surface area contributed by atoms with Gasteiger partial charge < -0.3 is 4.90 Å². The van der Waals surface area contributed by atoms with Crippen molar-refractivity contribution in [1.82, 2.24) is 9.71 Å². The quantitative estimate of drug-likeness (QED) is 0.268. The number of rotatable bonds is 5. The van der Waals surface area contributed by atoms with E-state index in [1.807, 2.05) is 51.1 Å². The monoisotopic (exact) mass is 570 g/mol. The molecular weight excluding hydrogens is 544 g/mol. The number of benzene rings is 3. The van der Waals surface area contributed by atoms with E-state index >= 15 is 0 Å². The summed E-state index contributed by atoms with van der Waals surface area (Å²) >= 11 is 5.72. The second kappa shape index (κ2) is 11.0. The number of sulfonamides is 1. The molecule has 40 heavy (non-hydrogen) atoms. The first-order valence-electron chi connectivity index (χ1n) is 12.6. The molecule has 2 aliphatic carbocycles. The van der Waals surface area contributed by atoms with Crippen LogP contribution in [0.15, 0.2) is 89.8 Å². The highest BCUT2D eigenvalue weighted by Gasteiger charge is 2.36. The van der Waals surface area contributed by atoms with Crippen LogP contribution in [0.1, 0.15) is 34.1 Å². The largest absolute Gasteiger partial charge is 0.343 e. The second-order valence-corrected chi connectivity index (χ2v) is 11.5. The SMILES string of the molecule is Cc1ccc(S(=O)(=O)NC(=O)c2cc(C)c3c(n2)N(C#CCl)C(C)N3Cc2ccccc2)cc1.c1cc2ccc1-2. The van der Waals surface area contributed by atoms with Gasteiger partial charge in [0.2, 0.25) is 0 Å². The van der Waals surface area contributed by atoms with E-state index in [9.17, 15) is 13.2 Å². The molecule has 2 aromatic carbocycles. The Morgan fingerprint density at radius 1 is 0.975 bits per heavy atom. The lowest BCUT2D eigenvalue weighted by Crippen LogP contribution is -2.38. The summed E-state index contributed by atoms with van der Waals surface area (Å²) in [5.41, 5.74) is 6.42. The number of nitrogens with zero attached hydrogens (tertiary/aromatic N) is 3. The molecule has 3 aliphatic rings. The number of carbonyl (C=O) groups excluding carboxylic acids is 1. The summed E-state index contributed by atoms with van der Waals surface area (Å²) in [5, 5.41) is 2.38. The first-order chi connectivity index (χ1) is 19.2. The van der Waals surface area contributed by atoms with Crippen molar-refractivity contribution < 1.29 is 13.2 Å². The molecule has 6 rings (SSSR count). The molecule has 202 valence electrons. The van der Waals surface area contributed by atoms with Gasteiger partial charge in [-0.25, -0.2) is 18.1 Å². The summed E-state index contributed by atoms with van der Waals surface area (Å²) in [6.07, 6.45) is -0.206. The molecule has 1 aliphatic heterocycles. The van der Waals surface area contributed by atoms with Crippen LogP contribution in [0.2, 0.25) is 0 Å². The lowest BCUT2D eigenvalue weighted by molar-refractivity contribution is 0.0976. The Kier molecular flexibility index (Phi) is 7.53. The predicted octanol–water partition coefficient (Wildman–Crippen LogP) is 5.81. The summed E-state index contributed by atoms with van der Waals surface area (Å²) in [5.74, 6) is -0.367. The summed E-state index contributed by atoms with van der Waals surface area (Å²) in [6, 6.07) is 29.1. The molecule has 3 aromatic rings. The Hall–Kier alpha value is -4.32. The third-order valence-electron chi connectivity index (χ3n) is 6.87. The number of amides is 1. The normalized spacial score (nSPS) is 14.3. The Morgan fingerprint density at radius 3 is 2.15 bits per heavy atom. The van der Waals surface area contributed by atoms with Gasteiger partial charge >= 0.3 is 0 Å². The zero-order valence-electron chi connectivity index (χ0n) is 22.2. The van der Waals surface area contributed by atoms with Crippen LogP contribution in [0.4, 0.5) is 11.5 Å². The second-order valence-electron chi connectivity index (χ2n) is 9.64. The summed E-state index contributed by atoms with van der Waals surface area (Å²) in [4.78, 5) is 21.2. The molecule has 0 fully saturated rings. The number of hydrogen-bond donors (Lipinski definition) is 1.